The fourth-order valence-corrected chi connectivity index (χ4v) is 17.0. The van der Waals surface area contributed by atoms with Crippen LogP contribution < -0.4 is 92.1 Å². The van der Waals surface area contributed by atoms with E-state index < -0.39 is 277 Å². The van der Waals surface area contributed by atoms with E-state index in [-0.39, 0.29) is 51.6 Å². The maximum atomic E-state index is 15.0. The molecule has 113 heavy (non-hydrogen) atoms. The Balaban J connectivity index is 1.46. The summed E-state index contributed by atoms with van der Waals surface area (Å²) in [6, 6.07) is -18.9. The number of carboxylic acid groups (broad SMARTS) is 1. The molecule has 0 aliphatic carbocycles. The SMILES string of the molecule is CC[C@H](C)[C@@H]1NC(=O)[C@H](CC(=O)O)NC(=O)[C@@H]2CCCN2C(=O)[C@H](CC(N)=O)NC(=O)[C@H](CC(N)=O)NC(=O)[C@H](C(C)C)NC(=O)[C@H](CO)NC(=O)[C@@H]2CSSC[C@H](NC(=O)CN)C(=O)N[C@@H](CSSC[C@@H](C(N)=O)NC1=O)C(=O)N[C@@H](CO)C(=O)N[C@@H](Cc1c[nH]c3ccccc13)C(=O)N1CCC[C@H]1C(=O)N[C@@H](C)C(=O)N2. The number of carbonyl (C=O) groups is 19. The lowest BCUT2D eigenvalue weighted by molar-refractivity contribution is -0.145. The van der Waals surface area contributed by atoms with Crippen molar-refractivity contribution in [3.63, 3.8) is 0 Å². The Morgan fingerprint density at radius 2 is 0.982 bits per heavy atom. The van der Waals surface area contributed by atoms with Crippen LogP contribution in [0.2, 0.25) is 0 Å². The first-order chi connectivity index (χ1) is 53.5. The van der Waals surface area contributed by atoms with Gasteiger partial charge in [-0.15, -0.1) is 0 Å². The lowest BCUT2D eigenvalue weighted by atomic mass is 9.97. The minimum absolute atomic E-state index is 0.0362. The zero-order valence-electron chi connectivity index (χ0n) is 62.4. The second kappa shape index (κ2) is 43.9. The highest BCUT2D eigenvalue weighted by Crippen LogP contribution is 2.28. The average molecular weight is 1660 g/mol. The summed E-state index contributed by atoms with van der Waals surface area (Å²) in [6.45, 7) is 3.83. The van der Waals surface area contributed by atoms with Crippen LogP contribution in [0.3, 0.4) is 0 Å². The molecule has 0 saturated carbocycles. The highest BCUT2D eigenvalue weighted by Gasteiger charge is 2.45. The number of benzene rings is 1. The van der Waals surface area contributed by atoms with Crippen molar-refractivity contribution in [2.24, 2.45) is 34.8 Å². The fourth-order valence-electron chi connectivity index (χ4n) is 12.3. The number of aromatic nitrogens is 1. The number of nitrogens with one attached hydrogen (secondary N) is 14. The number of rotatable bonds is 16. The third-order valence-electron chi connectivity index (χ3n) is 18.8. The maximum Gasteiger partial charge on any atom is 0.305 e. The molecule has 1 aromatic heterocycles. The number of primary amides is 3. The van der Waals surface area contributed by atoms with Crippen LogP contribution in [0.1, 0.15) is 91.5 Å². The first-order valence-electron chi connectivity index (χ1n) is 36.1. The van der Waals surface area contributed by atoms with Gasteiger partial charge in [-0.1, -0.05) is 95.5 Å². The Morgan fingerprint density at radius 1 is 0.522 bits per heavy atom. The number of H-pyrrole nitrogens is 1. The summed E-state index contributed by atoms with van der Waals surface area (Å²) in [5.74, 6) is -25.5. The van der Waals surface area contributed by atoms with Crippen LogP contribution in [0, 0.1) is 11.8 Å². The number of aromatic amines is 1. The van der Waals surface area contributed by atoms with Gasteiger partial charge in [0, 0.05) is 59.6 Å². The van der Waals surface area contributed by atoms with E-state index in [9.17, 15) is 102 Å². The summed E-state index contributed by atoms with van der Waals surface area (Å²) in [5, 5.41) is 63.6. The number of hydrogen-bond donors (Lipinski definition) is 21. The molecule has 0 radical (unpaired) electrons. The molecule has 0 unspecified atom stereocenters. The number of nitrogens with two attached hydrogens (primary N) is 4. The second-order valence-corrected chi connectivity index (χ2v) is 32.6. The lowest BCUT2D eigenvalue weighted by Gasteiger charge is -2.31. The largest absolute Gasteiger partial charge is 0.481 e. The molecule has 622 valence electrons. The molecule has 4 fully saturated rings. The number of amides is 18. The van der Waals surface area contributed by atoms with Gasteiger partial charge in [0.15, 0.2) is 0 Å². The van der Waals surface area contributed by atoms with Gasteiger partial charge < -0.3 is 122 Å². The van der Waals surface area contributed by atoms with E-state index in [1.54, 1.807) is 37.4 Å². The smallest absolute Gasteiger partial charge is 0.305 e. The average Bonchev–Trinajstić information content (AvgIpc) is 1.69. The quantitative estimate of drug-likeness (QED) is 0.0694. The molecule has 5 heterocycles. The molecule has 18 amide bonds. The van der Waals surface area contributed by atoms with Crippen molar-refractivity contribution < 1.29 is 106 Å². The van der Waals surface area contributed by atoms with Crippen molar-refractivity contribution in [2.75, 3.05) is 55.9 Å². The predicted molar refractivity (Wildman–Crippen MR) is 409 cm³/mol. The van der Waals surface area contributed by atoms with Crippen LogP contribution in [0.25, 0.3) is 10.9 Å². The van der Waals surface area contributed by atoms with Crippen LogP contribution in [0.5, 0.6) is 0 Å². The van der Waals surface area contributed by atoms with Crippen LogP contribution >= 0.6 is 43.2 Å². The molecule has 6 rings (SSSR count). The van der Waals surface area contributed by atoms with Gasteiger partial charge in [0.2, 0.25) is 106 Å². The number of carbonyl (C=O) groups excluding carboxylic acids is 18. The number of carboxylic acids is 1. The Bertz CT molecular complexity index is 3900. The zero-order chi connectivity index (χ0) is 83.7. The van der Waals surface area contributed by atoms with Gasteiger partial charge in [0.05, 0.1) is 39.0 Å². The molecule has 0 spiro atoms. The van der Waals surface area contributed by atoms with Gasteiger partial charge in [0.25, 0.3) is 0 Å². The van der Waals surface area contributed by atoms with Gasteiger partial charge in [-0.05, 0) is 56.1 Å². The number of aliphatic hydroxyl groups is 2. The molecule has 25 N–H and O–H groups in total. The van der Waals surface area contributed by atoms with E-state index >= 15 is 4.79 Å². The summed E-state index contributed by atoms with van der Waals surface area (Å²) >= 11 is 0. The zero-order valence-corrected chi connectivity index (χ0v) is 65.6. The van der Waals surface area contributed by atoms with E-state index in [0.717, 1.165) is 48.1 Å². The van der Waals surface area contributed by atoms with Crippen LogP contribution in [0.15, 0.2) is 30.5 Å². The number of fused-ring (bicyclic) bond motifs is 11. The minimum atomic E-state index is -2.01. The number of para-hydroxylation sites is 1. The lowest BCUT2D eigenvalue weighted by Crippen LogP contribution is -2.62. The molecule has 42 nitrogen and oxygen atoms in total. The highest BCUT2D eigenvalue weighted by atomic mass is 33.1. The van der Waals surface area contributed by atoms with Crippen molar-refractivity contribution in [3.05, 3.63) is 36.0 Å². The molecule has 4 aliphatic rings. The second-order valence-electron chi connectivity index (χ2n) is 27.5. The van der Waals surface area contributed by atoms with Crippen LogP contribution in [-0.4, -0.2) is 289 Å². The molecule has 1 aromatic carbocycles. The molecule has 46 heteroatoms. The number of nitrogens with zero attached hydrogens (tertiary/aromatic N) is 2. The molecule has 2 aromatic rings. The molecule has 4 saturated heterocycles. The summed E-state index contributed by atoms with van der Waals surface area (Å²) in [4.78, 5) is 271. The van der Waals surface area contributed by atoms with Gasteiger partial charge in [-0.2, -0.15) is 0 Å². The molecule has 2 bridgehead atoms. The van der Waals surface area contributed by atoms with E-state index in [1.807, 2.05) is 0 Å². The normalized spacial score (nSPS) is 28.1. The predicted octanol–water partition coefficient (Wildman–Crippen LogP) is -8.84. The Kier molecular flexibility index (Phi) is 35.6. The Hall–Kier alpha value is -10.0. The van der Waals surface area contributed by atoms with Crippen molar-refractivity contribution in [3.8, 4) is 0 Å². The molecule has 4 aliphatic heterocycles. The van der Waals surface area contributed by atoms with E-state index in [1.165, 1.54) is 32.6 Å². The van der Waals surface area contributed by atoms with Crippen molar-refractivity contribution >= 4 is 166 Å². The van der Waals surface area contributed by atoms with E-state index in [0.29, 0.717) is 16.5 Å². The van der Waals surface area contributed by atoms with Crippen molar-refractivity contribution in [2.45, 2.75) is 183 Å². The van der Waals surface area contributed by atoms with E-state index in [4.69, 9.17) is 22.9 Å². The van der Waals surface area contributed by atoms with Crippen molar-refractivity contribution in [1.82, 2.24) is 83.9 Å². The van der Waals surface area contributed by atoms with Gasteiger partial charge in [-0.3, -0.25) is 91.1 Å². The Labute approximate surface area is 663 Å². The van der Waals surface area contributed by atoms with Gasteiger partial charge in [-0.25, -0.2) is 0 Å². The molecule has 16 atom stereocenters. The van der Waals surface area contributed by atoms with Gasteiger partial charge >= 0.3 is 5.97 Å². The van der Waals surface area contributed by atoms with Crippen LogP contribution in [0.4, 0.5) is 0 Å². The topological polar surface area (TPSA) is 668 Å². The summed E-state index contributed by atoms with van der Waals surface area (Å²) in [7, 11) is 3.11. The monoisotopic (exact) mass is 1660 g/mol. The number of hydrogen-bond acceptors (Lipinski definition) is 26. The number of aliphatic hydroxyl groups excluding tert-OH is 2. The van der Waals surface area contributed by atoms with Gasteiger partial charge in [0.1, 0.15) is 90.6 Å². The van der Waals surface area contributed by atoms with Crippen LogP contribution in [-0.2, 0) is 97.5 Å². The van der Waals surface area contributed by atoms with E-state index in [2.05, 4.69) is 74.1 Å². The third-order valence-corrected chi connectivity index (χ3v) is 23.6. The third kappa shape index (κ3) is 26.5. The summed E-state index contributed by atoms with van der Waals surface area (Å²) in [6.07, 6.45) is -1.44. The molecular formula is C67H98N20O22S4. The summed E-state index contributed by atoms with van der Waals surface area (Å²) in [5.41, 5.74) is 23.7. The van der Waals surface area contributed by atoms with Crippen molar-refractivity contribution in [1.29, 1.82) is 0 Å². The minimum Gasteiger partial charge on any atom is -0.481 e. The first kappa shape index (κ1) is 91.8. The highest BCUT2D eigenvalue weighted by molar-refractivity contribution is 8.77. The first-order valence-corrected chi connectivity index (χ1v) is 41.1. The maximum absolute atomic E-state index is 15.0. The number of aliphatic carboxylic acids is 1. The summed E-state index contributed by atoms with van der Waals surface area (Å²) < 4.78 is 0. The standard InChI is InChI=1S/C67H98N20O22S4/c1-6-30(4)52-65(107)81-41(53(71)95)25-110-112-28-44-61(103)79-39(23-88)57(99)77-37(17-32-22-72-34-12-8-7-11-33(32)34)66(108)86-15-9-13-45(86)62(104)73-31(5)54(96)82-43(27-113-111-26-42(59(101)83-44)74-49(92)21-68)60(102)80-40(24-89)58(100)84-51(29(2)3)64(106)76-35(18-47(69)90)55(97)78-38(19-48(70)91)67(109)87-16-10-14-46(87)63(105)75-36(20-50(93)94)56(98)85-52/h7-8,11-12,22,29-31,35-46,51-52,72,88-89H,6,9-10,13-21,23-28,68H2,1-5H3,(H2,69,90)(H2,70,91)(H2,71,95)(H,73,104)(H,74,92)(H,75,105)(H,76,106)(H,77,99)(H,78,97)(H,79,103)(H,80,102)(H,81,107)(H,82,96)(H,83,101)(H,84,100)(H,85,98)(H,93,94)/t30-,31-,35-,36-,37-,38-,39-,40-,41-,42-,43-,44-,45-,46-,51-,52-/m0/s1. The molecular weight excluding hydrogens is 1570 g/mol. The fraction of sp³-hybridized carbons (Fsp3) is 0.597. The Morgan fingerprint density at radius 3 is 1.53 bits per heavy atom.